The van der Waals surface area contributed by atoms with Crippen molar-refractivity contribution >= 4 is 23.6 Å². The van der Waals surface area contributed by atoms with Crippen molar-refractivity contribution in [3.63, 3.8) is 0 Å². The zero-order chi connectivity index (χ0) is 15.3. The number of non-ortho nitro benzene ring substituents is 1. The third-order valence-electron chi connectivity index (χ3n) is 2.62. The van der Waals surface area contributed by atoms with E-state index < -0.39 is 10.8 Å². The summed E-state index contributed by atoms with van der Waals surface area (Å²) in [7, 11) is 0. The number of hydrogen-bond donors (Lipinski definition) is 1. The van der Waals surface area contributed by atoms with Gasteiger partial charge in [0.25, 0.3) is 5.69 Å². The number of hydrogen-bond acceptors (Lipinski definition) is 5. The normalized spacial score (nSPS) is 10.3. The van der Waals surface area contributed by atoms with Gasteiger partial charge in [-0.2, -0.15) is 0 Å². The summed E-state index contributed by atoms with van der Waals surface area (Å²) in [5.74, 6) is -0.287. The van der Waals surface area contributed by atoms with E-state index in [9.17, 15) is 19.7 Å². The summed E-state index contributed by atoms with van der Waals surface area (Å²) in [6.45, 7) is 4.39. The third kappa shape index (κ3) is 4.04. The van der Waals surface area contributed by atoms with Crippen LogP contribution in [0.2, 0.25) is 0 Å². The molecule has 1 amide bonds. The van der Waals surface area contributed by atoms with Crippen molar-refractivity contribution in [1.29, 1.82) is 0 Å². The van der Waals surface area contributed by atoms with Crippen LogP contribution in [0.5, 0.6) is 0 Å². The van der Waals surface area contributed by atoms with Crippen LogP contribution in [0, 0.1) is 16.0 Å². The molecule has 0 aliphatic carbocycles. The molecule has 0 fully saturated rings. The van der Waals surface area contributed by atoms with Crippen LogP contribution >= 0.6 is 0 Å². The molecule has 7 heteroatoms. The highest BCUT2D eigenvalue weighted by Gasteiger charge is 2.17. The predicted molar refractivity (Wildman–Crippen MR) is 74.7 cm³/mol. The smallest absolute Gasteiger partial charge is 0.270 e. The minimum Gasteiger partial charge on any atom is -0.368 e. The molecule has 0 radical (unpaired) electrons. The Hall–Kier alpha value is -2.44. The molecule has 0 aromatic heterocycles. The van der Waals surface area contributed by atoms with Gasteiger partial charge < -0.3 is 10.6 Å². The first-order valence-electron chi connectivity index (χ1n) is 6.12. The number of rotatable bonds is 7. The number of benzene rings is 1. The maximum Gasteiger partial charge on any atom is 0.270 e. The van der Waals surface area contributed by atoms with Crippen LogP contribution in [0.15, 0.2) is 18.2 Å². The van der Waals surface area contributed by atoms with E-state index in [0.29, 0.717) is 18.5 Å². The van der Waals surface area contributed by atoms with Crippen LogP contribution in [-0.4, -0.2) is 30.2 Å². The van der Waals surface area contributed by atoms with Crippen LogP contribution in [-0.2, 0) is 4.79 Å². The number of carbonyl (C=O) groups is 2. The van der Waals surface area contributed by atoms with E-state index in [-0.39, 0.29) is 23.7 Å². The Morgan fingerprint density at radius 2 is 2.15 bits per heavy atom. The monoisotopic (exact) mass is 279 g/mol. The number of primary amides is 1. The number of amides is 1. The quantitative estimate of drug-likeness (QED) is 0.460. The molecule has 1 aromatic rings. The molecule has 0 heterocycles. The summed E-state index contributed by atoms with van der Waals surface area (Å²) in [5, 5.41) is 10.7. The second-order valence-electron chi connectivity index (χ2n) is 4.86. The molecule has 7 nitrogen and oxygen atoms in total. The SMILES string of the molecule is CC(C)CN(CC(N)=O)c1ccc([N+](=O)[O-])cc1C=O. The summed E-state index contributed by atoms with van der Waals surface area (Å²) in [5.41, 5.74) is 5.67. The van der Waals surface area contributed by atoms with E-state index in [0.717, 1.165) is 0 Å². The minimum atomic E-state index is -0.572. The summed E-state index contributed by atoms with van der Waals surface area (Å²) in [4.78, 5) is 34.0. The van der Waals surface area contributed by atoms with Gasteiger partial charge in [0, 0.05) is 29.9 Å². The fourth-order valence-electron chi connectivity index (χ4n) is 1.91. The lowest BCUT2D eigenvalue weighted by molar-refractivity contribution is -0.384. The van der Waals surface area contributed by atoms with Crippen molar-refractivity contribution in [2.45, 2.75) is 13.8 Å². The van der Waals surface area contributed by atoms with Gasteiger partial charge in [0.15, 0.2) is 6.29 Å². The van der Waals surface area contributed by atoms with Gasteiger partial charge >= 0.3 is 0 Å². The summed E-state index contributed by atoms with van der Waals surface area (Å²) >= 11 is 0. The molecule has 0 aliphatic rings. The molecule has 2 N–H and O–H groups in total. The number of nitro groups is 1. The predicted octanol–water partition coefficient (Wildman–Crippen LogP) is 1.35. The number of nitrogens with two attached hydrogens (primary N) is 1. The van der Waals surface area contributed by atoms with Gasteiger partial charge in [0.2, 0.25) is 5.91 Å². The van der Waals surface area contributed by atoms with E-state index in [1.54, 1.807) is 4.90 Å². The first-order valence-corrected chi connectivity index (χ1v) is 6.12. The fourth-order valence-corrected chi connectivity index (χ4v) is 1.91. The number of aldehydes is 1. The van der Waals surface area contributed by atoms with Gasteiger partial charge in [0.1, 0.15) is 0 Å². The van der Waals surface area contributed by atoms with Gasteiger partial charge in [-0.3, -0.25) is 19.7 Å². The Morgan fingerprint density at radius 1 is 1.50 bits per heavy atom. The van der Waals surface area contributed by atoms with Gasteiger partial charge in [-0.05, 0) is 12.0 Å². The average molecular weight is 279 g/mol. The molecule has 0 spiro atoms. The average Bonchev–Trinajstić information content (AvgIpc) is 2.35. The Kier molecular flexibility index (Phi) is 5.19. The van der Waals surface area contributed by atoms with Gasteiger partial charge in [-0.25, -0.2) is 0 Å². The second kappa shape index (κ2) is 6.65. The van der Waals surface area contributed by atoms with Crippen LogP contribution in [0.25, 0.3) is 0 Å². The third-order valence-corrected chi connectivity index (χ3v) is 2.62. The van der Waals surface area contributed by atoms with E-state index in [4.69, 9.17) is 5.73 Å². The molecule has 1 aromatic carbocycles. The van der Waals surface area contributed by atoms with Gasteiger partial charge in [0.05, 0.1) is 11.5 Å². The first-order chi connectivity index (χ1) is 9.35. The van der Waals surface area contributed by atoms with E-state index >= 15 is 0 Å². The lowest BCUT2D eigenvalue weighted by Crippen LogP contribution is -2.36. The molecule has 20 heavy (non-hydrogen) atoms. The lowest BCUT2D eigenvalue weighted by atomic mass is 10.1. The summed E-state index contributed by atoms with van der Waals surface area (Å²) < 4.78 is 0. The molecule has 0 aliphatic heterocycles. The van der Waals surface area contributed by atoms with Gasteiger partial charge in [-0.15, -0.1) is 0 Å². The van der Waals surface area contributed by atoms with Crippen molar-refractivity contribution in [2.24, 2.45) is 11.7 Å². The van der Waals surface area contributed by atoms with Crippen molar-refractivity contribution in [1.82, 2.24) is 0 Å². The first kappa shape index (κ1) is 15.6. The topological polar surface area (TPSA) is 107 Å². The minimum absolute atomic E-state index is 0.0448. The van der Waals surface area contributed by atoms with Crippen molar-refractivity contribution in [3.8, 4) is 0 Å². The molecule has 0 unspecified atom stereocenters. The molecule has 0 saturated heterocycles. The summed E-state index contributed by atoms with van der Waals surface area (Å²) in [6.07, 6.45) is 0.538. The molecule has 0 atom stereocenters. The number of nitrogens with zero attached hydrogens (tertiary/aromatic N) is 2. The molecular formula is C13H17N3O4. The molecule has 0 saturated carbocycles. The van der Waals surface area contributed by atoms with E-state index in [2.05, 4.69) is 0 Å². The largest absolute Gasteiger partial charge is 0.368 e. The zero-order valence-electron chi connectivity index (χ0n) is 11.4. The fraction of sp³-hybridized carbons (Fsp3) is 0.385. The number of carbonyl (C=O) groups excluding carboxylic acids is 2. The Labute approximate surface area is 116 Å². The van der Waals surface area contributed by atoms with Crippen molar-refractivity contribution < 1.29 is 14.5 Å². The van der Waals surface area contributed by atoms with Crippen LogP contribution in [0.1, 0.15) is 24.2 Å². The maximum absolute atomic E-state index is 11.1. The van der Waals surface area contributed by atoms with Crippen LogP contribution in [0.3, 0.4) is 0 Å². The molecule has 0 bridgehead atoms. The second-order valence-corrected chi connectivity index (χ2v) is 4.86. The molecular weight excluding hydrogens is 262 g/mol. The van der Waals surface area contributed by atoms with E-state index in [1.165, 1.54) is 18.2 Å². The number of nitro benzene ring substituents is 1. The Morgan fingerprint density at radius 3 is 2.60 bits per heavy atom. The standard InChI is InChI=1S/C13H17N3O4/c1-9(2)6-15(7-13(14)18)12-4-3-11(16(19)20)5-10(12)8-17/h3-5,8-9H,6-7H2,1-2H3,(H2,14,18). The van der Waals surface area contributed by atoms with Crippen molar-refractivity contribution in [2.75, 3.05) is 18.0 Å². The molecule has 108 valence electrons. The highest BCUT2D eigenvalue weighted by atomic mass is 16.6. The Balaban J connectivity index is 3.20. The molecule has 1 rings (SSSR count). The van der Waals surface area contributed by atoms with Crippen LogP contribution < -0.4 is 10.6 Å². The van der Waals surface area contributed by atoms with Gasteiger partial charge in [-0.1, -0.05) is 13.8 Å². The zero-order valence-corrected chi connectivity index (χ0v) is 11.4. The lowest BCUT2D eigenvalue weighted by Gasteiger charge is -2.26. The van der Waals surface area contributed by atoms with Crippen LogP contribution in [0.4, 0.5) is 11.4 Å². The number of anilines is 1. The maximum atomic E-state index is 11.1. The highest BCUT2D eigenvalue weighted by molar-refractivity contribution is 5.88. The van der Waals surface area contributed by atoms with E-state index in [1.807, 2.05) is 13.8 Å². The highest BCUT2D eigenvalue weighted by Crippen LogP contribution is 2.25. The summed E-state index contributed by atoms with van der Waals surface area (Å²) in [6, 6.07) is 3.96. The Bertz CT molecular complexity index is 528. The van der Waals surface area contributed by atoms with Crippen molar-refractivity contribution in [3.05, 3.63) is 33.9 Å².